The summed E-state index contributed by atoms with van der Waals surface area (Å²) in [6.45, 7) is 0. The number of benzene rings is 3. The van der Waals surface area contributed by atoms with Crippen LogP contribution >= 0.6 is 0 Å². The molecule has 0 radical (unpaired) electrons. The van der Waals surface area contributed by atoms with Crippen molar-refractivity contribution in [3.63, 3.8) is 0 Å². The van der Waals surface area contributed by atoms with E-state index in [1.54, 1.807) is 0 Å². The number of amides is 1. The second-order valence-corrected chi connectivity index (χ2v) is 9.02. The topological polar surface area (TPSA) is 91.9 Å². The number of rotatable bonds is 6. The Morgan fingerprint density at radius 2 is 1.27 bits per heavy atom. The summed E-state index contributed by atoms with van der Waals surface area (Å²) in [6.07, 6.45) is 0. The lowest BCUT2D eigenvalue weighted by molar-refractivity contribution is -0.113. The number of carbonyl (C=O) groups excluding carboxylic acids is 1. The molecule has 4 rings (SSSR count). The molecule has 0 atom stereocenters. The van der Waals surface area contributed by atoms with E-state index in [4.69, 9.17) is 0 Å². The number of anilines is 1. The Hall–Kier alpha value is -3.92. The average Bonchev–Trinajstić information content (AvgIpc) is 3.22. The lowest BCUT2D eigenvalue weighted by Crippen LogP contribution is -2.23. The number of hydrogen-bond acceptors (Lipinski definition) is 4. The van der Waals surface area contributed by atoms with E-state index in [0.717, 1.165) is 24.3 Å². The van der Waals surface area contributed by atoms with Crippen LogP contribution in [-0.4, -0.2) is 30.0 Å². The van der Waals surface area contributed by atoms with Crippen molar-refractivity contribution in [1.29, 1.82) is 0 Å². The normalized spacial score (nSPS) is 11.4. The van der Waals surface area contributed by atoms with Gasteiger partial charge in [0.2, 0.25) is 15.7 Å². The molecule has 0 aliphatic carbocycles. The van der Waals surface area contributed by atoms with E-state index in [0.29, 0.717) is 11.1 Å². The molecular weight excluding hydrogens is 455 g/mol. The van der Waals surface area contributed by atoms with Crippen molar-refractivity contribution in [2.24, 2.45) is 0 Å². The fraction of sp³-hybridized carbons (Fsp3) is 0.0435. The molecule has 6 nitrogen and oxygen atoms in total. The molecule has 0 spiro atoms. The van der Waals surface area contributed by atoms with E-state index in [2.05, 4.69) is 15.3 Å². The second kappa shape index (κ2) is 8.91. The van der Waals surface area contributed by atoms with Gasteiger partial charge in [-0.05, 0) is 72.8 Å². The molecule has 4 aromatic rings. The molecule has 168 valence electrons. The van der Waals surface area contributed by atoms with Gasteiger partial charge in [0.25, 0.3) is 0 Å². The number of aromatic nitrogens is 2. The lowest BCUT2D eigenvalue weighted by atomic mass is 10.2. The Balaban J connectivity index is 1.70. The lowest BCUT2D eigenvalue weighted by Gasteiger charge is -2.07. The third-order valence-corrected chi connectivity index (χ3v) is 6.23. The maximum atomic E-state index is 13.4. The summed E-state index contributed by atoms with van der Waals surface area (Å²) in [5.41, 5.74) is 0.936. The molecule has 0 aliphatic heterocycles. The predicted octanol–water partition coefficient (Wildman–Crippen LogP) is 4.57. The molecule has 3 aromatic carbocycles. The van der Waals surface area contributed by atoms with Crippen molar-refractivity contribution in [1.82, 2.24) is 9.97 Å². The Bertz CT molecular complexity index is 1400. The minimum absolute atomic E-state index is 0.0103. The van der Waals surface area contributed by atoms with Crippen LogP contribution in [0.2, 0.25) is 0 Å². The zero-order chi connectivity index (χ0) is 23.6. The van der Waals surface area contributed by atoms with Gasteiger partial charge in [0.1, 0.15) is 34.7 Å². The fourth-order valence-corrected chi connectivity index (χ4v) is 4.38. The molecule has 1 heterocycles. The second-order valence-electron chi connectivity index (χ2n) is 7.09. The zero-order valence-corrected chi connectivity index (χ0v) is 17.7. The van der Waals surface area contributed by atoms with Gasteiger partial charge in [0.05, 0.1) is 0 Å². The largest absolute Gasteiger partial charge is 0.329 e. The Morgan fingerprint density at radius 1 is 0.788 bits per heavy atom. The highest BCUT2D eigenvalue weighted by Crippen LogP contribution is 2.30. The van der Waals surface area contributed by atoms with E-state index >= 15 is 0 Å². The van der Waals surface area contributed by atoms with Gasteiger partial charge in [-0.3, -0.25) is 4.79 Å². The number of aromatic amines is 1. The van der Waals surface area contributed by atoms with Crippen LogP contribution in [0.15, 0.2) is 77.8 Å². The summed E-state index contributed by atoms with van der Waals surface area (Å²) in [4.78, 5) is 19.4. The van der Waals surface area contributed by atoms with Crippen LogP contribution in [0.5, 0.6) is 0 Å². The number of carbonyl (C=O) groups is 1. The van der Waals surface area contributed by atoms with Gasteiger partial charge in [0.15, 0.2) is 5.03 Å². The summed E-state index contributed by atoms with van der Waals surface area (Å²) in [6, 6.07) is 15.1. The highest BCUT2D eigenvalue weighted by Gasteiger charge is 2.27. The number of imidazole rings is 1. The van der Waals surface area contributed by atoms with Crippen molar-refractivity contribution in [3.8, 4) is 22.6 Å². The van der Waals surface area contributed by atoms with Gasteiger partial charge in [-0.1, -0.05) is 0 Å². The molecule has 0 saturated carbocycles. The molecule has 0 bridgehead atoms. The molecule has 0 fully saturated rings. The summed E-state index contributed by atoms with van der Waals surface area (Å²) in [5, 5.41) is 2.05. The number of H-pyrrole nitrogens is 1. The quantitative estimate of drug-likeness (QED) is 0.431. The smallest absolute Gasteiger partial charge is 0.240 e. The first-order valence-corrected chi connectivity index (χ1v) is 11.3. The van der Waals surface area contributed by atoms with Crippen molar-refractivity contribution in [2.45, 2.75) is 5.03 Å². The summed E-state index contributed by atoms with van der Waals surface area (Å²) in [7, 11) is -4.24. The van der Waals surface area contributed by atoms with Crippen LogP contribution in [0.1, 0.15) is 0 Å². The third kappa shape index (κ3) is 5.12. The number of hydrogen-bond donors (Lipinski definition) is 2. The maximum absolute atomic E-state index is 13.4. The number of nitrogens with one attached hydrogen (secondary N) is 2. The SMILES string of the molecule is O=C(CS(=O)(=O)c1[nH]c(-c2ccc(F)cc2)nc1-c1ccc(F)cc1)Nc1ccc(F)cc1. The monoisotopic (exact) mass is 471 g/mol. The van der Waals surface area contributed by atoms with Crippen molar-refractivity contribution < 1.29 is 26.4 Å². The number of sulfone groups is 1. The average molecular weight is 471 g/mol. The van der Waals surface area contributed by atoms with Gasteiger partial charge in [-0.15, -0.1) is 0 Å². The van der Waals surface area contributed by atoms with Crippen LogP contribution < -0.4 is 5.32 Å². The van der Waals surface area contributed by atoms with Gasteiger partial charge in [-0.25, -0.2) is 26.6 Å². The van der Waals surface area contributed by atoms with E-state index in [1.807, 2.05) is 0 Å². The standard InChI is InChI=1S/C23H16F3N3O3S/c24-16-5-1-14(2-6-16)21-23(29-22(28-21)15-3-7-17(25)8-4-15)33(31,32)13-20(30)27-19-11-9-18(26)10-12-19/h1-12H,13H2,(H,27,30)(H,28,29). The van der Waals surface area contributed by atoms with E-state index < -0.39 is 38.9 Å². The van der Waals surface area contributed by atoms with Crippen molar-refractivity contribution in [3.05, 3.63) is 90.2 Å². The van der Waals surface area contributed by atoms with E-state index in [1.165, 1.54) is 48.5 Å². The summed E-state index contributed by atoms with van der Waals surface area (Å²) < 4.78 is 66.0. The minimum Gasteiger partial charge on any atom is -0.329 e. The van der Waals surface area contributed by atoms with Gasteiger partial charge in [-0.2, -0.15) is 0 Å². The van der Waals surface area contributed by atoms with Crippen LogP contribution in [0.25, 0.3) is 22.6 Å². The van der Waals surface area contributed by atoms with Gasteiger partial charge in [0, 0.05) is 16.8 Å². The molecule has 2 N–H and O–H groups in total. The first-order valence-electron chi connectivity index (χ1n) is 9.61. The van der Waals surface area contributed by atoms with E-state index in [-0.39, 0.29) is 22.2 Å². The Labute approximate surface area is 187 Å². The first kappa shape index (κ1) is 22.3. The summed E-state index contributed by atoms with van der Waals surface area (Å²) in [5.74, 6) is -3.14. The van der Waals surface area contributed by atoms with Crippen LogP contribution in [0.3, 0.4) is 0 Å². The van der Waals surface area contributed by atoms with Crippen LogP contribution in [0, 0.1) is 17.5 Å². The molecule has 0 unspecified atom stereocenters. The molecule has 10 heteroatoms. The Morgan fingerprint density at radius 3 is 1.82 bits per heavy atom. The first-order chi connectivity index (χ1) is 15.7. The Kier molecular flexibility index (Phi) is 6.01. The zero-order valence-electron chi connectivity index (χ0n) is 16.8. The third-order valence-electron chi connectivity index (χ3n) is 4.67. The maximum Gasteiger partial charge on any atom is 0.240 e. The van der Waals surface area contributed by atoms with E-state index in [9.17, 15) is 26.4 Å². The summed E-state index contributed by atoms with van der Waals surface area (Å²) >= 11 is 0. The van der Waals surface area contributed by atoms with Crippen LogP contribution in [0.4, 0.5) is 18.9 Å². The molecule has 1 aromatic heterocycles. The number of halogens is 3. The fourth-order valence-electron chi connectivity index (χ4n) is 3.11. The molecule has 1 amide bonds. The highest BCUT2D eigenvalue weighted by atomic mass is 32.2. The number of nitrogens with zero attached hydrogens (tertiary/aromatic N) is 1. The minimum atomic E-state index is -4.24. The molecular formula is C23H16F3N3O3S. The van der Waals surface area contributed by atoms with Gasteiger partial charge >= 0.3 is 0 Å². The van der Waals surface area contributed by atoms with Gasteiger partial charge < -0.3 is 10.3 Å². The molecule has 0 saturated heterocycles. The van der Waals surface area contributed by atoms with Crippen molar-refractivity contribution in [2.75, 3.05) is 11.1 Å². The van der Waals surface area contributed by atoms with Crippen LogP contribution in [-0.2, 0) is 14.6 Å². The van der Waals surface area contributed by atoms with Crippen molar-refractivity contribution >= 4 is 21.4 Å². The molecule has 0 aliphatic rings. The predicted molar refractivity (Wildman–Crippen MR) is 116 cm³/mol. The highest BCUT2D eigenvalue weighted by molar-refractivity contribution is 7.92. The molecule has 33 heavy (non-hydrogen) atoms.